The monoisotopic (exact) mass is 465 g/mol. The van der Waals surface area contributed by atoms with Crippen molar-refractivity contribution in [3.05, 3.63) is 76.9 Å². The Hall–Kier alpha value is -3.68. The van der Waals surface area contributed by atoms with Crippen LogP contribution < -0.4 is 18.9 Å². The molecule has 4 rings (SSSR count). The number of halogens is 1. The summed E-state index contributed by atoms with van der Waals surface area (Å²) >= 11 is 0. The van der Waals surface area contributed by atoms with E-state index < -0.39 is 11.4 Å². The van der Waals surface area contributed by atoms with E-state index in [1.807, 2.05) is 38.1 Å². The average Bonchev–Trinajstić information content (AvgIpc) is 2.81. The van der Waals surface area contributed by atoms with Crippen LogP contribution in [-0.4, -0.2) is 41.9 Å². The molecule has 0 atom stereocenters. The minimum atomic E-state index is -0.477. The summed E-state index contributed by atoms with van der Waals surface area (Å²) in [7, 11) is 4.66. The maximum atomic E-state index is 14.6. The fraction of sp³-hybridized carbons (Fsp3) is 0.346. The van der Waals surface area contributed by atoms with Gasteiger partial charge in [0.2, 0.25) is 5.75 Å². The van der Waals surface area contributed by atoms with Gasteiger partial charge in [0.15, 0.2) is 17.3 Å². The molecular formula is C26H28FN3O4. The van der Waals surface area contributed by atoms with Crippen LogP contribution in [0.4, 0.5) is 4.39 Å². The van der Waals surface area contributed by atoms with Gasteiger partial charge in [-0.2, -0.15) is 0 Å². The molecule has 0 amide bonds. The number of benzene rings is 1. The van der Waals surface area contributed by atoms with Crippen LogP contribution in [0.25, 0.3) is 0 Å². The van der Waals surface area contributed by atoms with Crippen molar-refractivity contribution >= 4 is 0 Å². The molecule has 1 aliphatic heterocycles. The molecule has 2 aromatic heterocycles. The lowest BCUT2D eigenvalue weighted by Gasteiger charge is -2.34. The van der Waals surface area contributed by atoms with Crippen LogP contribution in [0.2, 0.25) is 0 Å². The molecule has 0 fully saturated rings. The Labute approximate surface area is 198 Å². The molecule has 0 radical (unpaired) electrons. The van der Waals surface area contributed by atoms with Crippen molar-refractivity contribution < 1.29 is 23.3 Å². The molecule has 7 nitrogen and oxygen atoms in total. The van der Waals surface area contributed by atoms with Gasteiger partial charge in [0.05, 0.1) is 38.9 Å². The van der Waals surface area contributed by atoms with Gasteiger partial charge in [-0.3, -0.25) is 4.98 Å². The molecule has 178 valence electrons. The summed E-state index contributed by atoms with van der Waals surface area (Å²) in [5.41, 5.74) is 3.14. The number of fused-ring (bicyclic) bond motifs is 1. The summed E-state index contributed by atoms with van der Waals surface area (Å²) in [5, 5.41) is 0. The van der Waals surface area contributed by atoms with E-state index in [1.165, 1.54) is 6.20 Å². The van der Waals surface area contributed by atoms with E-state index in [-0.39, 0.29) is 12.1 Å². The number of pyridine rings is 1. The van der Waals surface area contributed by atoms with Crippen LogP contribution in [0.15, 0.2) is 42.6 Å². The normalized spacial score (nSPS) is 14.2. The molecule has 0 unspecified atom stereocenters. The van der Waals surface area contributed by atoms with Crippen LogP contribution in [0.3, 0.4) is 0 Å². The summed E-state index contributed by atoms with van der Waals surface area (Å²) < 4.78 is 36.8. The van der Waals surface area contributed by atoms with Crippen LogP contribution in [0, 0.1) is 5.82 Å². The molecule has 0 bridgehead atoms. The summed E-state index contributed by atoms with van der Waals surface area (Å²) in [5.74, 6) is 2.29. The van der Waals surface area contributed by atoms with Crippen molar-refractivity contribution in [2.75, 3.05) is 21.3 Å². The van der Waals surface area contributed by atoms with E-state index in [0.717, 1.165) is 22.6 Å². The minimum Gasteiger partial charge on any atom is -0.493 e. The molecule has 0 spiro atoms. The van der Waals surface area contributed by atoms with Gasteiger partial charge >= 0.3 is 0 Å². The van der Waals surface area contributed by atoms with Gasteiger partial charge in [-0.25, -0.2) is 14.4 Å². The number of hydrogen-bond donors (Lipinski definition) is 0. The highest BCUT2D eigenvalue weighted by Gasteiger charge is 2.31. The zero-order chi connectivity index (χ0) is 24.5. The molecule has 3 aromatic rings. The SMILES string of the molecule is C=C1Cc2nc(Cc3nc(Cc4cc(OC)c(OC)c(OC)c4)ncc3F)ccc2OC1(C)C. The predicted octanol–water partition coefficient (Wildman–Crippen LogP) is 4.49. The van der Waals surface area contributed by atoms with Crippen LogP contribution in [0.5, 0.6) is 23.0 Å². The lowest BCUT2D eigenvalue weighted by Crippen LogP contribution is -2.35. The Balaban J connectivity index is 1.58. The smallest absolute Gasteiger partial charge is 0.203 e. The Bertz CT molecular complexity index is 1220. The second-order valence-electron chi connectivity index (χ2n) is 8.61. The highest BCUT2D eigenvalue weighted by Crippen LogP contribution is 2.38. The number of methoxy groups -OCH3 is 3. The molecule has 34 heavy (non-hydrogen) atoms. The molecule has 1 aliphatic rings. The average molecular weight is 466 g/mol. The van der Waals surface area contributed by atoms with E-state index >= 15 is 0 Å². The van der Waals surface area contributed by atoms with Crippen LogP contribution in [-0.2, 0) is 19.3 Å². The van der Waals surface area contributed by atoms with Gasteiger partial charge in [-0.05, 0) is 49.2 Å². The van der Waals surface area contributed by atoms with E-state index in [1.54, 1.807) is 21.3 Å². The number of hydrogen-bond acceptors (Lipinski definition) is 7. The maximum Gasteiger partial charge on any atom is 0.203 e. The molecule has 0 aliphatic carbocycles. The molecule has 0 saturated carbocycles. The largest absolute Gasteiger partial charge is 0.493 e. The van der Waals surface area contributed by atoms with E-state index in [2.05, 4.69) is 21.5 Å². The van der Waals surface area contributed by atoms with Crippen molar-refractivity contribution in [1.29, 1.82) is 0 Å². The molecule has 0 saturated heterocycles. The van der Waals surface area contributed by atoms with Gasteiger partial charge in [0.1, 0.15) is 17.2 Å². The summed E-state index contributed by atoms with van der Waals surface area (Å²) in [6.45, 7) is 8.08. The van der Waals surface area contributed by atoms with Gasteiger partial charge in [0, 0.05) is 25.0 Å². The summed E-state index contributed by atoms with van der Waals surface area (Å²) in [6.07, 6.45) is 2.42. The third kappa shape index (κ3) is 4.66. The first-order chi connectivity index (χ1) is 16.2. The second kappa shape index (κ2) is 9.29. The summed E-state index contributed by atoms with van der Waals surface area (Å²) in [4.78, 5) is 13.3. The van der Waals surface area contributed by atoms with Crippen molar-refractivity contribution in [3.63, 3.8) is 0 Å². The summed E-state index contributed by atoms with van der Waals surface area (Å²) in [6, 6.07) is 7.37. The van der Waals surface area contributed by atoms with Crippen LogP contribution in [0.1, 0.15) is 42.3 Å². The zero-order valence-electron chi connectivity index (χ0n) is 20.1. The highest BCUT2D eigenvalue weighted by atomic mass is 19.1. The molecule has 0 N–H and O–H groups in total. The van der Waals surface area contributed by atoms with Crippen molar-refractivity contribution in [2.45, 2.75) is 38.7 Å². The first-order valence-electron chi connectivity index (χ1n) is 10.9. The van der Waals surface area contributed by atoms with E-state index in [0.29, 0.717) is 41.6 Å². The predicted molar refractivity (Wildman–Crippen MR) is 125 cm³/mol. The minimum absolute atomic E-state index is 0.236. The molecule has 8 heteroatoms. The highest BCUT2D eigenvalue weighted by molar-refractivity contribution is 5.54. The molecule has 1 aromatic carbocycles. The lowest BCUT2D eigenvalue weighted by atomic mass is 9.92. The maximum absolute atomic E-state index is 14.6. The zero-order valence-corrected chi connectivity index (χ0v) is 20.1. The number of aromatic nitrogens is 3. The Morgan fingerprint density at radius 2 is 1.74 bits per heavy atom. The standard InChI is InChI=1S/C26H28FN3O4/c1-15-9-20-21(34-26(15,2)3)8-7-17(29-20)13-19-18(27)14-28-24(30-19)12-16-10-22(31-4)25(33-6)23(11-16)32-5/h7-8,10-11,14H,1,9,12-13H2,2-6H3. The first kappa shape index (κ1) is 23.5. The first-order valence-corrected chi connectivity index (χ1v) is 10.9. The van der Waals surface area contributed by atoms with Crippen LogP contribution >= 0.6 is 0 Å². The quantitative estimate of drug-likeness (QED) is 0.476. The number of rotatable bonds is 7. The Morgan fingerprint density at radius 1 is 1.03 bits per heavy atom. The molecular weight excluding hydrogens is 437 g/mol. The van der Waals surface area contributed by atoms with Gasteiger partial charge < -0.3 is 18.9 Å². The van der Waals surface area contributed by atoms with Crippen molar-refractivity contribution in [3.8, 4) is 23.0 Å². The topological polar surface area (TPSA) is 75.6 Å². The van der Waals surface area contributed by atoms with E-state index in [4.69, 9.17) is 18.9 Å². The fourth-order valence-electron chi connectivity index (χ4n) is 3.86. The van der Waals surface area contributed by atoms with Gasteiger partial charge in [-0.1, -0.05) is 6.58 Å². The van der Waals surface area contributed by atoms with Crippen molar-refractivity contribution in [1.82, 2.24) is 15.0 Å². The Kier molecular flexibility index (Phi) is 6.41. The van der Waals surface area contributed by atoms with Gasteiger partial charge in [0.25, 0.3) is 0 Å². The lowest BCUT2D eigenvalue weighted by molar-refractivity contribution is 0.132. The fourth-order valence-corrected chi connectivity index (χ4v) is 3.86. The Morgan fingerprint density at radius 3 is 2.38 bits per heavy atom. The second-order valence-corrected chi connectivity index (χ2v) is 8.61. The van der Waals surface area contributed by atoms with Crippen molar-refractivity contribution in [2.24, 2.45) is 0 Å². The van der Waals surface area contributed by atoms with Gasteiger partial charge in [-0.15, -0.1) is 0 Å². The van der Waals surface area contributed by atoms with E-state index in [9.17, 15) is 4.39 Å². The molecule has 3 heterocycles. The third-order valence-electron chi connectivity index (χ3n) is 5.89. The number of nitrogens with zero attached hydrogens (tertiary/aromatic N) is 3. The third-order valence-corrected chi connectivity index (χ3v) is 5.89. The number of ether oxygens (including phenoxy) is 4.